The van der Waals surface area contributed by atoms with Crippen molar-refractivity contribution in [2.24, 2.45) is 0 Å². The van der Waals surface area contributed by atoms with Gasteiger partial charge in [-0.25, -0.2) is 0 Å². The number of benzene rings is 2. The largest absolute Gasteiger partial charge is 0.486 e. The van der Waals surface area contributed by atoms with E-state index in [2.05, 4.69) is 49.5 Å². The van der Waals surface area contributed by atoms with Gasteiger partial charge in [0.2, 0.25) is 0 Å². The predicted molar refractivity (Wildman–Crippen MR) is 83.9 cm³/mol. The predicted octanol–water partition coefficient (Wildman–Crippen LogP) is 3.36. The summed E-state index contributed by atoms with van der Waals surface area (Å²) in [4.78, 5) is 0. The minimum absolute atomic E-state index is 0.631. The molecule has 0 atom stereocenters. The molecule has 0 aliphatic carbocycles. The highest BCUT2D eigenvalue weighted by atomic mass is 16.6. The molecule has 0 unspecified atom stereocenters. The van der Waals surface area contributed by atoms with Gasteiger partial charge in [0.1, 0.15) is 13.2 Å². The molecule has 0 amide bonds. The summed E-state index contributed by atoms with van der Waals surface area (Å²) < 4.78 is 11.1. The molecule has 0 saturated heterocycles. The Morgan fingerprint density at radius 2 is 1.48 bits per heavy atom. The summed E-state index contributed by atoms with van der Waals surface area (Å²) in [6.45, 7) is 7.25. The Balaban J connectivity index is 1.58. The van der Waals surface area contributed by atoms with E-state index in [9.17, 15) is 0 Å². The van der Waals surface area contributed by atoms with Crippen molar-refractivity contribution in [3.05, 3.63) is 58.7 Å². The molecule has 0 saturated carbocycles. The standard InChI is InChI=1S/C18H21NO2/c1-13-3-4-15(9-14(13)2)11-19-12-16-5-6-17-18(10-16)21-8-7-20-17/h3-6,9-10,19H,7-8,11-12H2,1-2H3. The van der Waals surface area contributed by atoms with Crippen LogP contribution in [-0.2, 0) is 13.1 Å². The Bertz CT molecular complexity index is 637. The van der Waals surface area contributed by atoms with Gasteiger partial charge in [-0.05, 0) is 48.2 Å². The van der Waals surface area contributed by atoms with Crippen molar-refractivity contribution < 1.29 is 9.47 Å². The maximum Gasteiger partial charge on any atom is 0.161 e. The molecule has 1 heterocycles. The summed E-state index contributed by atoms with van der Waals surface area (Å²) in [7, 11) is 0. The summed E-state index contributed by atoms with van der Waals surface area (Å²) in [5, 5.41) is 3.48. The van der Waals surface area contributed by atoms with Gasteiger partial charge in [0.05, 0.1) is 0 Å². The lowest BCUT2D eigenvalue weighted by Gasteiger charge is -2.19. The van der Waals surface area contributed by atoms with E-state index in [1.807, 2.05) is 6.07 Å². The summed E-state index contributed by atoms with van der Waals surface area (Å²) in [6, 6.07) is 12.7. The Hall–Kier alpha value is -2.00. The molecule has 3 nitrogen and oxygen atoms in total. The summed E-state index contributed by atoms with van der Waals surface area (Å²) >= 11 is 0. The summed E-state index contributed by atoms with van der Waals surface area (Å²) in [5.74, 6) is 1.70. The first-order chi connectivity index (χ1) is 10.2. The van der Waals surface area contributed by atoms with Gasteiger partial charge in [-0.2, -0.15) is 0 Å². The zero-order valence-electron chi connectivity index (χ0n) is 12.6. The average molecular weight is 283 g/mol. The Labute approximate surface area is 125 Å². The fraction of sp³-hybridized carbons (Fsp3) is 0.333. The number of aryl methyl sites for hydroxylation is 2. The molecule has 110 valence electrons. The first kappa shape index (κ1) is 14.0. The molecule has 0 fully saturated rings. The van der Waals surface area contributed by atoms with Gasteiger partial charge in [0.15, 0.2) is 11.5 Å². The molecule has 1 aliphatic rings. The maximum absolute atomic E-state index is 5.60. The monoisotopic (exact) mass is 283 g/mol. The van der Waals surface area contributed by atoms with Crippen LogP contribution in [0.1, 0.15) is 22.3 Å². The minimum Gasteiger partial charge on any atom is -0.486 e. The molecule has 3 heteroatoms. The van der Waals surface area contributed by atoms with Crippen LogP contribution in [0.3, 0.4) is 0 Å². The highest BCUT2D eigenvalue weighted by Gasteiger charge is 2.11. The summed E-state index contributed by atoms with van der Waals surface area (Å²) in [6.07, 6.45) is 0. The highest BCUT2D eigenvalue weighted by molar-refractivity contribution is 5.43. The highest BCUT2D eigenvalue weighted by Crippen LogP contribution is 2.30. The van der Waals surface area contributed by atoms with Gasteiger partial charge in [-0.15, -0.1) is 0 Å². The van der Waals surface area contributed by atoms with Crippen LogP contribution in [-0.4, -0.2) is 13.2 Å². The Morgan fingerprint density at radius 1 is 0.810 bits per heavy atom. The number of hydrogen-bond acceptors (Lipinski definition) is 3. The molecule has 1 N–H and O–H groups in total. The van der Waals surface area contributed by atoms with Crippen LogP contribution < -0.4 is 14.8 Å². The van der Waals surface area contributed by atoms with Crippen molar-refractivity contribution in [1.29, 1.82) is 0 Å². The van der Waals surface area contributed by atoms with Crippen molar-refractivity contribution in [3.8, 4) is 11.5 Å². The second kappa shape index (κ2) is 6.19. The molecule has 3 rings (SSSR count). The van der Waals surface area contributed by atoms with Crippen molar-refractivity contribution in [1.82, 2.24) is 5.32 Å². The molecular formula is C18H21NO2. The molecule has 0 radical (unpaired) electrons. The molecular weight excluding hydrogens is 262 g/mol. The third-order valence-electron chi connectivity index (χ3n) is 3.84. The molecule has 2 aromatic rings. The van der Waals surface area contributed by atoms with Crippen LogP contribution in [0.4, 0.5) is 0 Å². The van der Waals surface area contributed by atoms with E-state index in [4.69, 9.17) is 9.47 Å². The normalized spacial score (nSPS) is 13.2. The third-order valence-corrected chi connectivity index (χ3v) is 3.84. The van der Waals surface area contributed by atoms with Crippen LogP contribution in [0.15, 0.2) is 36.4 Å². The lowest BCUT2D eigenvalue weighted by atomic mass is 10.1. The lowest BCUT2D eigenvalue weighted by Crippen LogP contribution is -2.16. The number of fused-ring (bicyclic) bond motifs is 1. The average Bonchev–Trinajstić information content (AvgIpc) is 2.51. The van der Waals surface area contributed by atoms with Crippen LogP contribution in [0.25, 0.3) is 0 Å². The van der Waals surface area contributed by atoms with Crippen molar-refractivity contribution in [2.75, 3.05) is 13.2 Å². The van der Waals surface area contributed by atoms with Gasteiger partial charge >= 0.3 is 0 Å². The van der Waals surface area contributed by atoms with E-state index < -0.39 is 0 Å². The number of hydrogen-bond donors (Lipinski definition) is 1. The second-order valence-electron chi connectivity index (χ2n) is 5.50. The molecule has 2 aromatic carbocycles. The van der Waals surface area contributed by atoms with Crippen LogP contribution in [0.5, 0.6) is 11.5 Å². The van der Waals surface area contributed by atoms with Crippen LogP contribution in [0, 0.1) is 13.8 Å². The van der Waals surface area contributed by atoms with Gasteiger partial charge < -0.3 is 14.8 Å². The fourth-order valence-electron chi connectivity index (χ4n) is 2.46. The second-order valence-corrected chi connectivity index (χ2v) is 5.50. The molecule has 1 aliphatic heterocycles. The SMILES string of the molecule is Cc1ccc(CNCc2ccc3c(c2)OCCO3)cc1C. The van der Waals surface area contributed by atoms with E-state index >= 15 is 0 Å². The van der Waals surface area contributed by atoms with Crippen LogP contribution in [0.2, 0.25) is 0 Å². The molecule has 0 bridgehead atoms. The number of ether oxygens (including phenoxy) is 2. The Kier molecular flexibility index (Phi) is 4.11. The smallest absolute Gasteiger partial charge is 0.161 e. The van der Waals surface area contributed by atoms with E-state index in [1.165, 1.54) is 22.3 Å². The Morgan fingerprint density at radius 3 is 2.24 bits per heavy atom. The lowest BCUT2D eigenvalue weighted by molar-refractivity contribution is 0.171. The first-order valence-electron chi connectivity index (χ1n) is 7.38. The third kappa shape index (κ3) is 3.37. The van der Waals surface area contributed by atoms with E-state index in [1.54, 1.807) is 0 Å². The molecule has 0 spiro atoms. The molecule has 0 aromatic heterocycles. The zero-order chi connectivity index (χ0) is 14.7. The quantitative estimate of drug-likeness (QED) is 0.933. The first-order valence-corrected chi connectivity index (χ1v) is 7.38. The van der Waals surface area contributed by atoms with E-state index in [-0.39, 0.29) is 0 Å². The number of rotatable bonds is 4. The van der Waals surface area contributed by atoms with Gasteiger partial charge in [-0.3, -0.25) is 0 Å². The van der Waals surface area contributed by atoms with E-state index in [0.717, 1.165) is 24.6 Å². The minimum atomic E-state index is 0.631. The van der Waals surface area contributed by atoms with Gasteiger partial charge in [0.25, 0.3) is 0 Å². The van der Waals surface area contributed by atoms with Crippen molar-refractivity contribution in [2.45, 2.75) is 26.9 Å². The topological polar surface area (TPSA) is 30.5 Å². The number of nitrogens with one attached hydrogen (secondary N) is 1. The fourth-order valence-corrected chi connectivity index (χ4v) is 2.46. The van der Waals surface area contributed by atoms with Gasteiger partial charge in [0, 0.05) is 13.1 Å². The zero-order valence-corrected chi connectivity index (χ0v) is 12.6. The van der Waals surface area contributed by atoms with E-state index in [0.29, 0.717) is 13.2 Å². The van der Waals surface area contributed by atoms with Crippen molar-refractivity contribution in [3.63, 3.8) is 0 Å². The van der Waals surface area contributed by atoms with Gasteiger partial charge in [-0.1, -0.05) is 24.3 Å². The van der Waals surface area contributed by atoms with Crippen molar-refractivity contribution >= 4 is 0 Å². The maximum atomic E-state index is 5.60. The summed E-state index contributed by atoms with van der Waals surface area (Å²) in [5.41, 5.74) is 5.21. The van der Waals surface area contributed by atoms with Crippen LogP contribution >= 0.6 is 0 Å². The molecule has 21 heavy (non-hydrogen) atoms.